The van der Waals surface area contributed by atoms with E-state index in [0.717, 1.165) is 5.69 Å². The van der Waals surface area contributed by atoms with E-state index in [1.165, 1.54) is 25.5 Å². The number of anilines is 4. The fourth-order valence-corrected chi connectivity index (χ4v) is 3.53. The molecule has 0 amide bonds. The van der Waals surface area contributed by atoms with Gasteiger partial charge in [0.15, 0.2) is 0 Å². The van der Waals surface area contributed by atoms with Gasteiger partial charge in [0.25, 0.3) is 0 Å². The standard InChI is InChI=1S/C22H26ClN5O3S.C2HF3O2/c1-14(2)15(3)31-20-10-9-18(32(29,30)24-4)11-19(20)28-22-12-21(25-13-26-22)27-17-7-5-16(23)6-8-17;3-2(4,5)1(6)7/h5-15,24H,1-4H3,(H2,25,26,27,28);(H,6,7). The first-order valence-electron chi connectivity index (χ1n) is 11.3. The lowest BCUT2D eigenvalue weighted by atomic mass is 10.1. The number of sulfonamides is 1. The third-order valence-corrected chi connectivity index (χ3v) is 6.73. The van der Waals surface area contributed by atoms with E-state index in [4.69, 9.17) is 26.2 Å². The molecule has 0 spiro atoms. The summed E-state index contributed by atoms with van der Waals surface area (Å²) in [4.78, 5) is 17.5. The van der Waals surface area contributed by atoms with Crippen molar-refractivity contribution < 1.29 is 36.2 Å². The number of aliphatic carboxylic acids is 1. The average molecular weight is 590 g/mol. The van der Waals surface area contributed by atoms with Crippen LogP contribution in [0.15, 0.2) is 59.8 Å². The highest BCUT2D eigenvalue weighted by Crippen LogP contribution is 2.32. The van der Waals surface area contributed by atoms with Crippen molar-refractivity contribution >= 4 is 50.6 Å². The van der Waals surface area contributed by atoms with E-state index in [0.29, 0.717) is 28.1 Å². The third-order valence-electron chi connectivity index (χ3n) is 5.07. The second-order valence-corrected chi connectivity index (χ2v) is 10.6. The molecule has 0 saturated heterocycles. The summed E-state index contributed by atoms with van der Waals surface area (Å²) in [6, 6.07) is 13.6. The number of nitrogens with one attached hydrogen (secondary N) is 3. The molecule has 1 unspecified atom stereocenters. The van der Waals surface area contributed by atoms with E-state index in [9.17, 15) is 21.6 Å². The predicted molar refractivity (Wildman–Crippen MR) is 141 cm³/mol. The highest BCUT2D eigenvalue weighted by atomic mass is 35.5. The Labute approximate surface area is 228 Å². The van der Waals surface area contributed by atoms with Crippen LogP contribution in [-0.2, 0) is 14.8 Å². The summed E-state index contributed by atoms with van der Waals surface area (Å²) in [6.45, 7) is 6.07. The Morgan fingerprint density at radius 3 is 2.08 bits per heavy atom. The number of benzene rings is 2. The average Bonchev–Trinajstić information content (AvgIpc) is 2.86. The molecule has 1 aromatic heterocycles. The van der Waals surface area contributed by atoms with Crippen LogP contribution < -0.4 is 20.1 Å². The van der Waals surface area contributed by atoms with Crippen LogP contribution in [0.1, 0.15) is 20.8 Å². The monoisotopic (exact) mass is 589 g/mol. The minimum atomic E-state index is -5.08. The van der Waals surface area contributed by atoms with Crippen LogP contribution >= 0.6 is 11.6 Å². The lowest BCUT2D eigenvalue weighted by molar-refractivity contribution is -0.192. The largest absolute Gasteiger partial charge is 0.490 e. The van der Waals surface area contributed by atoms with Gasteiger partial charge < -0.3 is 20.5 Å². The number of halogens is 4. The van der Waals surface area contributed by atoms with Gasteiger partial charge in [0, 0.05) is 16.8 Å². The van der Waals surface area contributed by atoms with E-state index in [-0.39, 0.29) is 16.9 Å². The summed E-state index contributed by atoms with van der Waals surface area (Å²) in [5, 5.41) is 14.1. The van der Waals surface area contributed by atoms with Gasteiger partial charge in [-0.1, -0.05) is 25.4 Å². The van der Waals surface area contributed by atoms with E-state index >= 15 is 0 Å². The molecule has 212 valence electrons. The predicted octanol–water partition coefficient (Wildman–Crippen LogP) is 5.58. The van der Waals surface area contributed by atoms with Crippen LogP contribution in [0.4, 0.5) is 36.2 Å². The van der Waals surface area contributed by atoms with Crippen molar-refractivity contribution in [2.45, 2.75) is 37.9 Å². The van der Waals surface area contributed by atoms with Crippen LogP contribution in [-0.4, -0.2) is 48.8 Å². The van der Waals surface area contributed by atoms with Crippen molar-refractivity contribution in [3.05, 3.63) is 59.9 Å². The topological polar surface area (TPSA) is 143 Å². The molecule has 3 aromatic rings. The maximum Gasteiger partial charge on any atom is 0.490 e. The van der Waals surface area contributed by atoms with E-state index in [1.807, 2.05) is 19.1 Å². The zero-order chi connectivity index (χ0) is 29.4. The maximum atomic E-state index is 12.3. The van der Waals surface area contributed by atoms with Crippen molar-refractivity contribution in [2.24, 2.45) is 5.92 Å². The molecular weight excluding hydrogens is 563 g/mol. The molecule has 0 fully saturated rings. The number of ether oxygens (including phenoxy) is 1. The lowest BCUT2D eigenvalue weighted by Crippen LogP contribution is -2.21. The van der Waals surface area contributed by atoms with Gasteiger partial charge in [-0.15, -0.1) is 0 Å². The van der Waals surface area contributed by atoms with Crippen molar-refractivity contribution in [3.63, 3.8) is 0 Å². The van der Waals surface area contributed by atoms with Crippen LogP contribution in [0.25, 0.3) is 0 Å². The molecule has 1 heterocycles. The van der Waals surface area contributed by atoms with Crippen molar-refractivity contribution in [1.29, 1.82) is 0 Å². The van der Waals surface area contributed by atoms with Crippen molar-refractivity contribution in [3.8, 4) is 5.75 Å². The van der Waals surface area contributed by atoms with Gasteiger partial charge in [0.05, 0.1) is 16.7 Å². The van der Waals surface area contributed by atoms with Gasteiger partial charge in [0.2, 0.25) is 10.0 Å². The second kappa shape index (κ2) is 13.4. The van der Waals surface area contributed by atoms with Gasteiger partial charge >= 0.3 is 12.1 Å². The van der Waals surface area contributed by atoms with E-state index < -0.39 is 22.2 Å². The van der Waals surface area contributed by atoms with Crippen molar-refractivity contribution in [2.75, 3.05) is 17.7 Å². The first kappa shape index (κ1) is 31.6. The normalized spacial score (nSPS) is 12.2. The number of alkyl halides is 3. The number of carboxylic acids is 1. The van der Waals surface area contributed by atoms with Crippen LogP contribution in [0.2, 0.25) is 5.02 Å². The Morgan fingerprint density at radius 2 is 1.56 bits per heavy atom. The maximum absolute atomic E-state index is 12.3. The number of carboxylic acid groups (broad SMARTS) is 1. The quantitative estimate of drug-likeness (QED) is 0.251. The molecule has 0 bridgehead atoms. The summed E-state index contributed by atoms with van der Waals surface area (Å²) in [5.41, 5.74) is 1.29. The molecule has 2 aromatic carbocycles. The molecule has 0 aliphatic carbocycles. The van der Waals surface area contributed by atoms with Crippen molar-refractivity contribution in [1.82, 2.24) is 14.7 Å². The zero-order valence-corrected chi connectivity index (χ0v) is 22.8. The molecule has 3 rings (SSSR count). The summed E-state index contributed by atoms with van der Waals surface area (Å²) in [6.07, 6.45) is -3.75. The Morgan fingerprint density at radius 1 is 1.00 bits per heavy atom. The molecular formula is C24H27ClF3N5O5S. The zero-order valence-electron chi connectivity index (χ0n) is 21.2. The molecule has 0 aliphatic rings. The number of carbonyl (C=O) groups is 1. The number of hydrogen-bond donors (Lipinski definition) is 4. The van der Waals surface area contributed by atoms with E-state index in [1.54, 1.807) is 24.3 Å². The van der Waals surface area contributed by atoms with Gasteiger partial charge in [0.1, 0.15) is 23.7 Å². The minimum absolute atomic E-state index is 0.0742. The number of hydrogen-bond acceptors (Lipinski definition) is 8. The van der Waals surface area contributed by atoms with Crippen LogP contribution in [0.3, 0.4) is 0 Å². The summed E-state index contributed by atoms with van der Waals surface area (Å²) >= 11 is 5.93. The molecule has 0 saturated carbocycles. The fraction of sp³-hybridized carbons (Fsp3) is 0.292. The van der Waals surface area contributed by atoms with Gasteiger partial charge in [-0.25, -0.2) is 27.9 Å². The first-order chi connectivity index (χ1) is 18.1. The highest BCUT2D eigenvalue weighted by molar-refractivity contribution is 7.89. The molecule has 1 atom stereocenters. The lowest BCUT2D eigenvalue weighted by Gasteiger charge is -2.21. The van der Waals surface area contributed by atoms with Crippen LogP contribution in [0.5, 0.6) is 5.75 Å². The molecule has 0 radical (unpaired) electrons. The second-order valence-electron chi connectivity index (χ2n) is 8.28. The van der Waals surface area contributed by atoms with Gasteiger partial charge in [-0.05, 0) is 62.4 Å². The third kappa shape index (κ3) is 9.89. The Hall–Kier alpha value is -3.62. The smallest absolute Gasteiger partial charge is 0.488 e. The number of nitrogens with zero attached hydrogens (tertiary/aromatic N) is 2. The SMILES string of the molecule is CNS(=O)(=O)c1ccc(OC(C)C(C)C)c(Nc2cc(Nc3ccc(Cl)cc3)ncn2)c1.O=C(O)C(F)(F)F. The molecule has 0 aliphatic heterocycles. The summed E-state index contributed by atoms with van der Waals surface area (Å²) < 4.78 is 64.7. The fourth-order valence-electron chi connectivity index (χ4n) is 2.64. The minimum Gasteiger partial charge on any atom is -0.488 e. The Balaban J connectivity index is 0.000000673. The summed E-state index contributed by atoms with van der Waals surface area (Å²) in [7, 11) is -2.26. The molecule has 4 N–H and O–H groups in total. The highest BCUT2D eigenvalue weighted by Gasteiger charge is 2.38. The molecule has 39 heavy (non-hydrogen) atoms. The van der Waals surface area contributed by atoms with Crippen LogP contribution in [0, 0.1) is 5.92 Å². The Kier molecular flexibility index (Phi) is 10.9. The Bertz CT molecular complexity index is 1370. The number of aromatic nitrogens is 2. The molecule has 10 nitrogen and oxygen atoms in total. The van der Waals surface area contributed by atoms with E-state index in [2.05, 4.69) is 39.2 Å². The number of rotatable bonds is 9. The first-order valence-corrected chi connectivity index (χ1v) is 13.1. The molecule has 15 heteroatoms. The van der Waals surface area contributed by atoms with Gasteiger partial charge in [-0.2, -0.15) is 13.2 Å². The summed E-state index contributed by atoms with van der Waals surface area (Å²) in [5.74, 6) is -0.934. The van der Waals surface area contributed by atoms with Gasteiger partial charge in [-0.3, -0.25) is 0 Å².